The lowest BCUT2D eigenvalue weighted by atomic mass is 10.2. The van der Waals surface area contributed by atoms with Gasteiger partial charge in [-0.1, -0.05) is 6.07 Å². The number of ether oxygens (including phenoxy) is 3. The predicted molar refractivity (Wildman–Crippen MR) is 111 cm³/mol. The minimum atomic E-state index is -0.365. The van der Waals surface area contributed by atoms with Crippen LogP contribution in [0.3, 0.4) is 0 Å². The normalized spacial score (nSPS) is 10.2. The Morgan fingerprint density at radius 1 is 0.933 bits per heavy atom. The number of hydrogen-bond acceptors (Lipinski definition) is 6. The molecule has 0 radical (unpaired) electrons. The van der Waals surface area contributed by atoms with Gasteiger partial charge < -0.3 is 24.8 Å². The zero-order valence-electron chi connectivity index (χ0n) is 16.8. The lowest BCUT2D eigenvalue weighted by molar-refractivity contribution is -0.114. The third-order valence-electron chi connectivity index (χ3n) is 4.06. The molecule has 9 nitrogen and oxygen atoms in total. The molecule has 2 amide bonds. The van der Waals surface area contributed by atoms with Crippen molar-refractivity contribution in [2.45, 2.75) is 13.7 Å². The Labute approximate surface area is 173 Å². The molecule has 0 aliphatic heterocycles. The van der Waals surface area contributed by atoms with Crippen LogP contribution in [0.5, 0.6) is 17.2 Å². The molecule has 0 fully saturated rings. The van der Waals surface area contributed by atoms with Gasteiger partial charge in [0.15, 0.2) is 23.9 Å². The summed E-state index contributed by atoms with van der Waals surface area (Å²) in [5.74, 6) is 0.980. The Kier molecular flexibility index (Phi) is 6.53. The van der Waals surface area contributed by atoms with Crippen molar-refractivity contribution >= 4 is 23.2 Å². The van der Waals surface area contributed by atoms with Crippen molar-refractivity contribution in [1.29, 1.82) is 0 Å². The zero-order valence-corrected chi connectivity index (χ0v) is 16.8. The second-order valence-electron chi connectivity index (χ2n) is 6.22. The number of carbonyl (C=O) groups excluding carboxylic acids is 2. The van der Waals surface area contributed by atoms with Crippen LogP contribution in [0, 0.1) is 0 Å². The van der Waals surface area contributed by atoms with Crippen LogP contribution in [-0.4, -0.2) is 35.8 Å². The molecule has 156 valence electrons. The van der Waals surface area contributed by atoms with E-state index in [1.54, 1.807) is 68.9 Å². The molecule has 3 rings (SSSR count). The van der Waals surface area contributed by atoms with Crippen LogP contribution in [0.1, 0.15) is 17.4 Å². The molecule has 0 saturated carbocycles. The molecule has 2 aromatic carbocycles. The zero-order chi connectivity index (χ0) is 21.5. The third-order valence-corrected chi connectivity index (χ3v) is 4.06. The highest BCUT2D eigenvalue weighted by molar-refractivity contribution is 6.03. The van der Waals surface area contributed by atoms with E-state index >= 15 is 0 Å². The molecule has 2 N–H and O–H groups in total. The van der Waals surface area contributed by atoms with E-state index in [1.165, 1.54) is 11.6 Å². The van der Waals surface area contributed by atoms with Gasteiger partial charge in [-0.2, -0.15) is 5.10 Å². The smallest absolute Gasteiger partial charge is 0.276 e. The van der Waals surface area contributed by atoms with E-state index in [0.29, 0.717) is 28.6 Å². The van der Waals surface area contributed by atoms with Gasteiger partial charge in [0.2, 0.25) is 11.7 Å². The molecular weight excluding hydrogens is 388 g/mol. The van der Waals surface area contributed by atoms with Crippen LogP contribution in [0.4, 0.5) is 11.4 Å². The van der Waals surface area contributed by atoms with E-state index in [0.717, 1.165) is 0 Å². The largest absolute Gasteiger partial charge is 0.493 e. The summed E-state index contributed by atoms with van der Waals surface area (Å²) in [5, 5.41) is 9.65. The number of amides is 2. The van der Waals surface area contributed by atoms with Gasteiger partial charge in [0, 0.05) is 24.5 Å². The van der Waals surface area contributed by atoms with Crippen molar-refractivity contribution < 1.29 is 23.8 Å². The van der Waals surface area contributed by atoms with E-state index in [-0.39, 0.29) is 24.2 Å². The summed E-state index contributed by atoms with van der Waals surface area (Å²) in [6.45, 7) is 1.50. The molecule has 0 aliphatic carbocycles. The minimum absolute atomic E-state index is 0.0649. The molecule has 30 heavy (non-hydrogen) atoms. The van der Waals surface area contributed by atoms with Gasteiger partial charge in [-0.05, 0) is 42.5 Å². The molecule has 0 bridgehead atoms. The molecule has 1 heterocycles. The van der Waals surface area contributed by atoms with Gasteiger partial charge in [0.05, 0.1) is 14.2 Å². The number of nitrogens with one attached hydrogen (secondary N) is 2. The maximum atomic E-state index is 12.4. The second kappa shape index (κ2) is 9.46. The first-order valence-corrected chi connectivity index (χ1v) is 9.06. The van der Waals surface area contributed by atoms with Gasteiger partial charge in [-0.25, -0.2) is 4.68 Å². The van der Waals surface area contributed by atoms with Crippen LogP contribution in [0.15, 0.2) is 54.7 Å². The number of nitrogens with zero attached hydrogens (tertiary/aromatic N) is 2. The standard InChI is InChI=1S/C21H22N4O5/c1-14(26)22-15-7-9-16(10-8-15)23-21(27)17-11-12-25(24-17)13-30-20-18(28-2)5-4-6-19(20)29-3/h4-12H,13H2,1-3H3,(H,22,26)(H,23,27). The minimum Gasteiger partial charge on any atom is -0.493 e. The van der Waals surface area contributed by atoms with Crippen molar-refractivity contribution in [2.24, 2.45) is 0 Å². The van der Waals surface area contributed by atoms with Gasteiger partial charge >= 0.3 is 0 Å². The van der Waals surface area contributed by atoms with Gasteiger partial charge in [-0.15, -0.1) is 0 Å². The molecule has 3 aromatic rings. The molecule has 0 atom stereocenters. The maximum absolute atomic E-state index is 12.4. The Hall–Kier alpha value is -4.01. The molecule has 0 aliphatic rings. The highest BCUT2D eigenvalue weighted by Gasteiger charge is 2.13. The van der Waals surface area contributed by atoms with Crippen LogP contribution >= 0.6 is 0 Å². The molecule has 9 heteroatoms. The summed E-state index contributed by atoms with van der Waals surface area (Å²) >= 11 is 0. The molecule has 0 unspecified atom stereocenters. The monoisotopic (exact) mass is 410 g/mol. The van der Waals surface area contributed by atoms with E-state index in [9.17, 15) is 9.59 Å². The van der Waals surface area contributed by atoms with Crippen molar-refractivity contribution in [3.05, 3.63) is 60.4 Å². The Morgan fingerprint density at radius 3 is 2.10 bits per heavy atom. The fourth-order valence-corrected chi connectivity index (χ4v) is 2.68. The number of carbonyl (C=O) groups is 2. The van der Waals surface area contributed by atoms with Crippen LogP contribution < -0.4 is 24.8 Å². The first-order chi connectivity index (χ1) is 14.5. The number of methoxy groups -OCH3 is 2. The SMILES string of the molecule is COc1cccc(OC)c1OCn1ccc(C(=O)Nc2ccc(NC(C)=O)cc2)n1. The van der Waals surface area contributed by atoms with Crippen LogP contribution in [0.2, 0.25) is 0 Å². The van der Waals surface area contributed by atoms with E-state index < -0.39 is 0 Å². The summed E-state index contributed by atoms with van der Waals surface area (Å²) < 4.78 is 17.9. The average Bonchev–Trinajstić information content (AvgIpc) is 3.22. The molecular formula is C21H22N4O5. The summed E-state index contributed by atoms with van der Waals surface area (Å²) in [5.41, 5.74) is 1.46. The topological polar surface area (TPSA) is 104 Å². The lowest BCUT2D eigenvalue weighted by Crippen LogP contribution is -2.14. The maximum Gasteiger partial charge on any atom is 0.276 e. The van der Waals surface area contributed by atoms with Gasteiger partial charge in [-0.3, -0.25) is 9.59 Å². The quantitative estimate of drug-likeness (QED) is 0.591. The Bertz CT molecular complexity index is 1010. The Balaban J connectivity index is 1.62. The van der Waals surface area contributed by atoms with Crippen LogP contribution in [0.25, 0.3) is 0 Å². The summed E-state index contributed by atoms with van der Waals surface area (Å²) in [6, 6.07) is 13.7. The average molecular weight is 410 g/mol. The van der Waals surface area contributed by atoms with E-state index in [2.05, 4.69) is 15.7 Å². The summed E-state index contributed by atoms with van der Waals surface area (Å²) in [7, 11) is 3.08. The first-order valence-electron chi connectivity index (χ1n) is 9.06. The van der Waals surface area contributed by atoms with Crippen molar-refractivity contribution in [2.75, 3.05) is 24.9 Å². The number of para-hydroxylation sites is 1. The first kappa shape index (κ1) is 20.7. The summed E-state index contributed by atoms with van der Waals surface area (Å²) in [4.78, 5) is 23.5. The second-order valence-corrected chi connectivity index (χ2v) is 6.22. The van der Waals surface area contributed by atoms with Crippen molar-refractivity contribution in [3.63, 3.8) is 0 Å². The van der Waals surface area contributed by atoms with Crippen molar-refractivity contribution in [3.8, 4) is 17.2 Å². The van der Waals surface area contributed by atoms with Gasteiger partial charge in [0.1, 0.15) is 0 Å². The number of hydrogen-bond donors (Lipinski definition) is 2. The predicted octanol–water partition coefficient (Wildman–Crippen LogP) is 3.15. The van der Waals surface area contributed by atoms with Crippen molar-refractivity contribution in [1.82, 2.24) is 9.78 Å². The van der Waals surface area contributed by atoms with Gasteiger partial charge in [0.25, 0.3) is 5.91 Å². The van der Waals surface area contributed by atoms with Crippen LogP contribution in [-0.2, 0) is 11.5 Å². The number of anilines is 2. The highest BCUT2D eigenvalue weighted by atomic mass is 16.5. The number of aromatic nitrogens is 2. The lowest BCUT2D eigenvalue weighted by Gasteiger charge is -2.13. The third kappa shape index (κ3) is 5.07. The fraction of sp³-hybridized carbons (Fsp3) is 0.190. The Morgan fingerprint density at radius 2 is 1.53 bits per heavy atom. The number of benzene rings is 2. The van der Waals surface area contributed by atoms with E-state index in [4.69, 9.17) is 14.2 Å². The molecule has 0 saturated heterocycles. The summed E-state index contributed by atoms with van der Waals surface area (Å²) in [6.07, 6.45) is 1.64. The highest BCUT2D eigenvalue weighted by Crippen LogP contribution is 2.36. The molecule has 0 spiro atoms. The number of rotatable bonds is 8. The fourth-order valence-electron chi connectivity index (χ4n) is 2.68. The molecule has 1 aromatic heterocycles. The van der Waals surface area contributed by atoms with E-state index in [1.807, 2.05) is 0 Å².